The fourth-order valence-corrected chi connectivity index (χ4v) is 1.49. The van der Waals surface area contributed by atoms with Gasteiger partial charge in [0.25, 0.3) is 0 Å². The van der Waals surface area contributed by atoms with Crippen LogP contribution in [0.5, 0.6) is 0 Å². The smallest absolute Gasteiger partial charge is 0.0338 e. The van der Waals surface area contributed by atoms with Gasteiger partial charge in [-0.05, 0) is 36.8 Å². The first-order chi connectivity index (χ1) is 5.77. The van der Waals surface area contributed by atoms with E-state index in [1.807, 2.05) is 12.4 Å². The Morgan fingerprint density at radius 1 is 1.50 bits per heavy atom. The van der Waals surface area contributed by atoms with Crippen molar-refractivity contribution in [2.45, 2.75) is 25.8 Å². The molecule has 2 N–H and O–H groups in total. The third-order valence-corrected chi connectivity index (χ3v) is 2.41. The molecule has 0 unspecified atom stereocenters. The summed E-state index contributed by atoms with van der Waals surface area (Å²) in [5.41, 5.74) is 8.42. The number of nitrogens with zero attached hydrogens (tertiary/aromatic N) is 1. The van der Waals surface area contributed by atoms with Crippen LogP contribution in [0.3, 0.4) is 0 Å². The van der Waals surface area contributed by atoms with Crippen molar-refractivity contribution in [3.05, 3.63) is 29.6 Å². The molecule has 1 aromatic heterocycles. The van der Waals surface area contributed by atoms with E-state index in [4.69, 9.17) is 5.73 Å². The van der Waals surface area contributed by atoms with Gasteiger partial charge in [0.05, 0.1) is 0 Å². The summed E-state index contributed by atoms with van der Waals surface area (Å²) in [7, 11) is 0. The summed E-state index contributed by atoms with van der Waals surface area (Å²) in [6, 6.07) is 2.35. The first-order valence-corrected chi connectivity index (χ1v) is 4.44. The molecule has 2 rings (SSSR count). The minimum absolute atomic E-state index is 0.220. The molecule has 1 aliphatic carbocycles. The Morgan fingerprint density at radius 2 is 2.25 bits per heavy atom. The molecule has 1 saturated carbocycles. The van der Waals surface area contributed by atoms with Gasteiger partial charge < -0.3 is 5.73 Å². The Bertz CT molecular complexity index is 279. The maximum atomic E-state index is 6.03. The van der Waals surface area contributed by atoms with Gasteiger partial charge in [0.2, 0.25) is 0 Å². The average molecular weight is 162 g/mol. The number of nitrogens with two attached hydrogens (primary N) is 1. The molecule has 0 spiro atoms. The molecular formula is C10H14N2. The molecule has 2 heteroatoms. The van der Waals surface area contributed by atoms with Crippen LogP contribution in [0.25, 0.3) is 0 Å². The van der Waals surface area contributed by atoms with Gasteiger partial charge in [-0.15, -0.1) is 0 Å². The summed E-state index contributed by atoms with van der Waals surface area (Å²) >= 11 is 0. The highest BCUT2D eigenvalue weighted by atomic mass is 14.7. The predicted molar refractivity (Wildman–Crippen MR) is 48.6 cm³/mol. The van der Waals surface area contributed by atoms with E-state index in [9.17, 15) is 0 Å². The van der Waals surface area contributed by atoms with Crippen LogP contribution in [0, 0.1) is 12.8 Å². The number of hydrogen-bond acceptors (Lipinski definition) is 2. The zero-order chi connectivity index (χ0) is 8.55. The van der Waals surface area contributed by atoms with E-state index in [0.29, 0.717) is 5.92 Å². The monoisotopic (exact) mass is 162 g/mol. The second-order valence-electron chi connectivity index (χ2n) is 3.66. The zero-order valence-electron chi connectivity index (χ0n) is 7.33. The fraction of sp³-hybridized carbons (Fsp3) is 0.500. The number of rotatable bonds is 2. The Balaban J connectivity index is 2.20. The van der Waals surface area contributed by atoms with E-state index in [2.05, 4.69) is 18.0 Å². The number of hydrogen-bond donors (Lipinski definition) is 1. The van der Waals surface area contributed by atoms with Gasteiger partial charge in [-0.2, -0.15) is 0 Å². The minimum Gasteiger partial charge on any atom is -0.324 e. The van der Waals surface area contributed by atoms with Crippen LogP contribution < -0.4 is 5.73 Å². The second kappa shape index (κ2) is 2.87. The van der Waals surface area contributed by atoms with Gasteiger partial charge in [-0.25, -0.2) is 0 Å². The molecule has 0 bridgehead atoms. The van der Waals surface area contributed by atoms with E-state index in [1.165, 1.54) is 24.0 Å². The number of aromatic nitrogens is 1. The van der Waals surface area contributed by atoms with Crippen LogP contribution in [0.2, 0.25) is 0 Å². The molecule has 1 atom stereocenters. The summed E-state index contributed by atoms with van der Waals surface area (Å²) < 4.78 is 0. The van der Waals surface area contributed by atoms with Gasteiger partial charge >= 0.3 is 0 Å². The van der Waals surface area contributed by atoms with Gasteiger partial charge in [0.15, 0.2) is 0 Å². The summed E-state index contributed by atoms with van der Waals surface area (Å²) in [5, 5.41) is 0. The average Bonchev–Trinajstić information content (AvgIpc) is 2.85. The molecule has 2 nitrogen and oxygen atoms in total. The van der Waals surface area contributed by atoms with Gasteiger partial charge in [0, 0.05) is 18.4 Å². The molecule has 0 radical (unpaired) electrons. The Morgan fingerprint density at radius 3 is 2.83 bits per heavy atom. The lowest BCUT2D eigenvalue weighted by atomic mass is 10.0. The van der Waals surface area contributed by atoms with Crippen LogP contribution in [0.1, 0.15) is 30.0 Å². The molecule has 0 aromatic carbocycles. The van der Waals surface area contributed by atoms with Crippen molar-refractivity contribution in [3.63, 3.8) is 0 Å². The quantitative estimate of drug-likeness (QED) is 0.720. The molecule has 1 fully saturated rings. The topological polar surface area (TPSA) is 38.9 Å². The van der Waals surface area contributed by atoms with E-state index in [-0.39, 0.29) is 6.04 Å². The van der Waals surface area contributed by atoms with Gasteiger partial charge in [0.1, 0.15) is 0 Å². The maximum Gasteiger partial charge on any atom is 0.0338 e. The highest BCUT2D eigenvalue weighted by molar-refractivity contribution is 5.21. The lowest BCUT2D eigenvalue weighted by Crippen LogP contribution is -2.12. The fourth-order valence-electron chi connectivity index (χ4n) is 1.49. The van der Waals surface area contributed by atoms with E-state index in [1.54, 1.807) is 0 Å². The third kappa shape index (κ3) is 1.48. The maximum absolute atomic E-state index is 6.03. The molecule has 0 saturated heterocycles. The van der Waals surface area contributed by atoms with Crippen molar-refractivity contribution in [2.75, 3.05) is 0 Å². The highest BCUT2D eigenvalue weighted by Gasteiger charge is 2.29. The van der Waals surface area contributed by atoms with Crippen LogP contribution in [-0.2, 0) is 0 Å². The Kier molecular flexibility index (Phi) is 1.85. The zero-order valence-corrected chi connectivity index (χ0v) is 7.33. The molecule has 1 aromatic rings. The van der Waals surface area contributed by atoms with Crippen LogP contribution in [-0.4, -0.2) is 4.98 Å². The number of aryl methyl sites for hydroxylation is 1. The van der Waals surface area contributed by atoms with E-state index >= 15 is 0 Å². The first kappa shape index (κ1) is 7.74. The van der Waals surface area contributed by atoms with Crippen molar-refractivity contribution in [3.8, 4) is 0 Å². The van der Waals surface area contributed by atoms with Crippen LogP contribution in [0.15, 0.2) is 18.5 Å². The molecule has 12 heavy (non-hydrogen) atoms. The Hall–Kier alpha value is -0.890. The predicted octanol–water partition coefficient (Wildman–Crippen LogP) is 1.80. The molecule has 0 amide bonds. The third-order valence-electron chi connectivity index (χ3n) is 2.41. The van der Waals surface area contributed by atoms with Crippen molar-refractivity contribution < 1.29 is 0 Å². The van der Waals surface area contributed by atoms with Crippen LogP contribution >= 0.6 is 0 Å². The summed E-state index contributed by atoms with van der Waals surface area (Å²) in [6.45, 7) is 2.05. The molecule has 0 aliphatic heterocycles. The van der Waals surface area contributed by atoms with E-state index < -0.39 is 0 Å². The molecule has 64 valence electrons. The lowest BCUT2D eigenvalue weighted by Gasteiger charge is -2.09. The minimum atomic E-state index is 0.220. The largest absolute Gasteiger partial charge is 0.324 e. The number of pyridine rings is 1. The summed E-state index contributed by atoms with van der Waals surface area (Å²) in [5.74, 6) is 0.716. The summed E-state index contributed by atoms with van der Waals surface area (Å²) in [4.78, 5) is 4.14. The van der Waals surface area contributed by atoms with Gasteiger partial charge in [-0.3, -0.25) is 4.98 Å². The SMILES string of the molecule is Cc1cncc([C@H](N)C2CC2)c1. The molecule has 1 heterocycles. The van der Waals surface area contributed by atoms with E-state index in [0.717, 1.165) is 0 Å². The normalized spacial score (nSPS) is 19.2. The highest BCUT2D eigenvalue weighted by Crippen LogP contribution is 2.39. The van der Waals surface area contributed by atoms with Crippen molar-refractivity contribution in [2.24, 2.45) is 11.7 Å². The standard InChI is InChI=1S/C10H14N2/c1-7-4-9(6-12-5-7)10(11)8-2-3-8/h4-6,8,10H,2-3,11H2,1H3/t10-/m1/s1. The Labute approximate surface area is 72.8 Å². The summed E-state index contributed by atoms with van der Waals surface area (Å²) in [6.07, 6.45) is 6.32. The second-order valence-corrected chi connectivity index (χ2v) is 3.66. The molecular weight excluding hydrogens is 148 g/mol. The van der Waals surface area contributed by atoms with Gasteiger partial charge in [-0.1, -0.05) is 6.07 Å². The van der Waals surface area contributed by atoms with Crippen molar-refractivity contribution in [1.82, 2.24) is 4.98 Å². The first-order valence-electron chi connectivity index (χ1n) is 4.44. The molecule has 1 aliphatic rings. The van der Waals surface area contributed by atoms with Crippen molar-refractivity contribution >= 4 is 0 Å². The lowest BCUT2D eigenvalue weighted by molar-refractivity contribution is 0.630. The van der Waals surface area contributed by atoms with Crippen LogP contribution in [0.4, 0.5) is 0 Å². The van der Waals surface area contributed by atoms with Crippen molar-refractivity contribution in [1.29, 1.82) is 0 Å².